The molecule has 0 radical (unpaired) electrons. The topological polar surface area (TPSA) is 21.6 Å². The summed E-state index contributed by atoms with van der Waals surface area (Å²) < 4.78 is 2.41. The van der Waals surface area contributed by atoms with Gasteiger partial charge in [0.25, 0.3) is 0 Å². The highest BCUT2D eigenvalue weighted by Gasteiger charge is 2.18. The van der Waals surface area contributed by atoms with Gasteiger partial charge in [-0.15, -0.1) is 0 Å². The van der Waals surface area contributed by atoms with Gasteiger partial charge in [-0.3, -0.25) is 4.99 Å². The third kappa shape index (κ3) is 13.5. The van der Waals surface area contributed by atoms with Crippen LogP contribution in [0.4, 0.5) is 0 Å². The maximum atomic E-state index is 5.65. The smallest absolute Gasteiger partial charge is 0.231 e. The Morgan fingerprint density at radius 3 is 2.12 bits per heavy atom. The van der Waals surface area contributed by atoms with Crippen LogP contribution in [0.5, 0.6) is 0 Å². The molecular formula is C8H11Cl6NOSi. The third-order valence-electron chi connectivity index (χ3n) is 1.53. The molecule has 0 saturated carbocycles. The molecule has 17 heavy (non-hydrogen) atoms. The molecule has 0 aliphatic carbocycles. The second-order valence-corrected chi connectivity index (χ2v) is 9.90. The van der Waals surface area contributed by atoms with E-state index >= 15 is 0 Å². The SMILES string of the molecule is CO[Si](=CC(Cl)(Cl)Cl)CCCN=CC(Cl)(Cl)Cl. The van der Waals surface area contributed by atoms with E-state index in [1.807, 2.05) is 0 Å². The van der Waals surface area contributed by atoms with Crippen molar-refractivity contribution in [2.75, 3.05) is 13.7 Å². The molecule has 0 rings (SSSR count). The van der Waals surface area contributed by atoms with Crippen molar-refractivity contribution >= 4 is 90.1 Å². The quantitative estimate of drug-likeness (QED) is 0.304. The summed E-state index contributed by atoms with van der Waals surface area (Å²) in [6.45, 7) is 0.541. The summed E-state index contributed by atoms with van der Waals surface area (Å²) in [6.07, 6.45) is 2.05. The summed E-state index contributed by atoms with van der Waals surface area (Å²) in [6, 6.07) is 0.770. The van der Waals surface area contributed by atoms with Gasteiger partial charge in [0.05, 0.1) is 7.11 Å². The molecule has 0 saturated heterocycles. The first-order chi connectivity index (χ1) is 7.64. The van der Waals surface area contributed by atoms with Gasteiger partial charge in [0, 0.05) is 12.8 Å². The number of halogens is 6. The molecule has 9 heteroatoms. The normalized spacial score (nSPS) is 14.4. The number of hydrogen-bond acceptors (Lipinski definition) is 2. The average molecular weight is 378 g/mol. The number of nitrogens with zero attached hydrogens (tertiary/aromatic N) is 1. The van der Waals surface area contributed by atoms with E-state index < -0.39 is 16.2 Å². The van der Waals surface area contributed by atoms with Gasteiger partial charge in [-0.2, -0.15) is 0 Å². The Morgan fingerprint density at radius 1 is 1.12 bits per heavy atom. The Kier molecular flexibility index (Phi) is 9.11. The number of aliphatic imine (C=N–C) groups is 1. The molecule has 0 atom stereocenters. The highest BCUT2D eigenvalue weighted by atomic mass is 35.6. The summed E-state index contributed by atoms with van der Waals surface area (Å²) in [4.78, 5) is 3.97. The standard InChI is InChI=1S/C8H11Cl6NOSi/c1-16-17(6-8(12,13)14)4-2-3-15-5-7(9,10)11/h5-6H,2-4H2,1H3. The van der Waals surface area contributed by atoms with Crippen molar-refractivity contribution in [3.05, 3.63) is 0 Å². The maximum Gasteiger partial charge on any atom is 0.231 e. The molecular weight excluding hydrogens is 367 g/mol. The molecule has 0 amide bonds. The lowest BCUT2D eigenvalue weighted by Gasteiger charge is -2.08. The minimum absolute atomic E-state index is 0.541. The first kappa shape index (κ1) is 18.3. The second kappa shape index (κ2) is 8.46. The van der Waals surface area contributed by atoms with Crippen LogP contribution in [0.2, 0.25) is 6.04 Å². The summed E-state index contributed by atoms with van der Waals surface area (Å²) in [5, 5.41) is 0. The zero-order valence-corrected chi connectivity index (χ0v) is 14.4. The van der Waals surface area contributed by atoms with Gasteiger partial charge in [-0.25, -0.2) is 0 Å². The monoisotopic (exact) mass is 375 g/mol. The fourth-order valence-electron chi connectivity index (χ4n) is 0.928. The van der Waals surface area contributed by atoms with E-state index in [-0.39, 0.29) is 0 Å². The van der Waals surface area contributed by atoms with Crippen LogP contribution < -0.4 is 0 Å². The van der Waals surface area contributed by atoms with E-state index in [0.717, 1.165) is 12.5 Å². The molecule has 0 aromatic heterocycles. The molecule has 0 unspecified atom stereocenters. The highest BCUT2D eigenvalue weighted by Crippen LogP contribution is 2.23. The van der Waals surface area contributed by atoms with Gasteiger partial charge in [-0.05, 0) is 18.1 Å². The molecule has 0 aromatic carbocycles. The van der Waals surface area contributed by atoms with E-state index in [2.05, 4.69) is 4.99 Å². The van der Waals surface area contributed by atoms with E-state index in [9.17, 15) is 0 Å². The van der Waals surface area contributed by atoms with Crippen LogP contribution >= 0.6 is 69.6 Å². The van der Waals surface area contributed by atoms with E-state index in [4.69, 9.17) is 74.0 Å². The predicted octanol–water partition coefficient (Wildman–Crippen LogP) is 4.21. The molecule has 0 N–H and O–H groups in total. The van der Waals surface area contributed by atoms with Crippen molar-refractivity contribution in [3.8, 4) is 0 Å². The van der Waals surface area contributed by atoms with Crippen molar-refractivity contribution in [3.63, 3.8) is 0 Å². The lowest BCUT2D eigenvalue weighted by atomic mass is 10.5. The molecule has 0 bridgehead atoms. The summed E-state index contributed by atoms with van der Waals surface area (Å²) in [5.41, 5.74) is 1.60. The van der Waals surface area contributed by atoms with Crippen LogP contribution in [0.15, 0.2) is 4.99 Å². The third-order valence-corrected chi connectivity index (χ3v) is 4.83. The van der Waals surface area contributed by atoms with Gasteiger partial charge >= 0.3 is 0 Å². The molecule has 0 aliphatic rings. The number of alkyl halides is 6. The van der Waals surface area contributed by atoms with Crippen LogP contribution in [0.25, 0.3) is 0 Å². The van der Waals surface area contributed by atoms with Crippen LogP contribution in [0, 0.1) is 0 Å². The van der Waals surface area contributed by atoms with Gasteiger partial charge in [0.2, 0.25) is 16.2 Å². The van der Waals surface area contributed by atoms with E-state index in [0.29, 0.717) is 6.54 Å². The molecule has 100 valence electrons. The first-order valence-corrected chi connectivity index (χ1v) is 8.50. The maximum absolute atomic E-state index is 5.65. The number of hydrogen-bond donors (Lipinski definition) is 0. The molecule has 2 nitrogen and oxygen atoms in total. The summed E-state index contributed by atoms with van der Waals surface area (Å²) >= 11 is 33.4. The van der Waals surface area contributed by atoms with Gasteiger partial charge in [0.15, 0.2) is 0 Å². The minimum Gasteiger partial charge on any atom is -0.553 e. The van der Waals surface area contributed by atoms with Crippen molar-refractivity contribution in [1.82, 2.24) is 0 Å². The fourth-order valence-corrected chi connectivity index (χ4v) is 3.57. The average Bonchev–Trinajstić information content (AvgIpc) is 2.11. The molecule has 0 fully saturated rings. The van der Waals surface area contributed by atoms with E-state index in [1.165, 1.54) is 6.21 Å². The van der Waals surface area contributed by atoms with Crippen molar-refractivity contribution in [2.24, 2.45) is 4.99 Å². The zero-order chi connectivity index (χ0) is 13.5. The molecule has 0 spiro atoms. The summed E-state index contributed by atoms with van der Waals surface area (Å²) in [7, 11) is 0.338. The van der Waals surface area contributed by atoms with Crippen LogP contribution in [-0.2, 0) is 4.43 Å². The van der Waals surface area contributed by atoms with Crippen molar-refractivity contribution in [2.45, 2.75) is 20.0 Å². The molecule has 0 aliphatic heterocycles. The Hall–Kier alpha value is 1.30. The Balaban J connectivity index is 4.03. The molecule has 0 heterocycles. The second-order valence-electron chi connectivity index (χ2n) is 3.04. The molecule has 0 aromatic rings. The van der Waals surface area contributed by atoms with Crippen molar-refractivity contribution in [1.29, 1.82) is 0 Å². The lowest BCUT2D eigenvalue weighted by Crippen LogP contribution is -2.18. The van der Waals surface area contributed by atoms with Crippen LogP contribution in [-0.4, -0.2) is 41.8 Å². The van der Waals surface area contributed by atoms with Crippen LogP contribution in [0.1, 0.15) is 6.42 Å². The highest BCUT2D eigenvalue weighted by molar-refractivity contribution is 6.82. The van der Waals surface area contributed by atoms with Gasteiger partial charge < -0.3 is 4.43 Å². The largest absolute Gasteiger partial charge is 0.553 e. The van der Waals surface area contributed by atoms with Gasteiger partial charge in [-0.1, -0.05) is 69.6 Å². The van der Waals surface area contributed by atoms with E-state index in [1.54, 1.807) is 12.8 Å². The van der Waals surface area contributed by atoms with Crippen molar-refractivity contribution < 1.29 is 4.43 Å². The Morgan fingerprint density at radius 2 is 1.71 bits per heavy atom. The fraction of sp³-hybridized carbons (Fsp3) is 0.750. The Bertz CT molecular complexity index is 283. The summed E-state index contributed by atoms with van der Waals surface area (Å²) in [5.74, 6) is 0. The zero-order valence-electron chi connectivity index (χ0n) is 8.90. The van der Waals surface area contributed by atoms with Crippen LogP contribution in [0.3, 0.4) is 0 Å². The number of rotatable bonds is 5. The predicted molar refractivity (Wildman–Crippen MR) is 82.2 cm³/mol. The first-order valence-electron chi connectivity index (χ1n) is 4.54. The lowest BCUT2D eigenvalue weighted by molar-refractivity contribution is 0.435. The van der Waals surface area contributed by atoms with Gasteiger partial charge in [0.1, 0.15) is 0 Å². The Labute approximate surface area is 132 Å². The minimum atomic E-state index is -1.45.